The van der Waals surface area contributed by atoms with Crippen molar-refractivity contribution in [3.8, 4) is 0 Å². The molecular weight excluding hydrogens is 330 g/mol. The lowest BCUT2D eigenvalue weighted by atomic mass is 10.0. The number of fused-ring (bicyclic) bond motifs is 1. The van der Waals surface area contributed by atoms with Gasteiger partial charge in [-0.3, -0.25) is 4.90 Å². The highest BCUT2D eigenvalue weighted by Gasteiger charge is 2.17. The first-order valence-corrected chi connectivity index (χ1v) is 9.66. The predicted molar refractivity (Wildman–Crippen MR) is 104 cm³/mol. The molecule has 0 aliphatic carbocycles. The average Bonchev–Trinajstić information content (AvgIpc) is 3.06. The van der Waals surface area contributed by atoms with E-state index in [-0.39, 0.29) is 6.10 Å². The van der Waals surface area contributed by atoms with Crippen LogP contribution in [0.2, 0.25) is 0 Å². The summed E-state index contributed by atoms with van der Waals surface area (Å²) in [6.07, 6.45) is 1.64. The Morgan fingerprint density at radius 3 is 2.56 bits per heavy atom. The molecule has 2 heterocycles. The maximum Gasteiger partial charge on any atom is 0.184 e. The Hall–Kier alpha value is -1.95. The van der Waals surface area contributed by atoms with E-state index in [1.807, 2.05) is 6.07 Å². The van der Waals surface area contributed by atoms with E-state index in [1.165, 1.54) is 15.8 Å². The first kappa shape index (κ1) is 16.5. The molecular formula is C20H23N3OS. The van der Waals surface area contributed by atoms with Crippen LogP contribution in [0.4, 0.5) is 5.13 Å². The summed E-state index contributed by atoms with van der Waals surface area (Å²) in [6, 6.07) is 16.8. The van der Waals surface area contributed by atoms with E-state index in [1.54, 1.807) is 11.3 Å². The van der Waals surface area contributed by atoms with Crippen molar-refractivity contribution in [3.63, 3.8) is 0 Å². The number of likely N-dealkylation sites (tertiary alicyclic amines) is 1. The maximum atomic E-state index is 9.68. The van der Waals surface area contributed by atoms with Gasteiger partial charge in [0.2, 0.25) is 0 Å². The summed E-state index contributed by atoms with van der Waals surface area (Å²) in [5, 5.41) is 14.1. The van der Waals surface area contributed by atoms with Gasteiger partial charge < -0.3 is 10.4 Å². The van der Waals surface area contributed by atoms with E-state index in [2.05, 4.69) is 57.7 Å². The van der Waals surface area contributed by atoms with Crippen molar-refractivity contribution >= 4 is 26.7 Å². The van der Waals surface area contributed by atoms with Crippen LogP contribution in [0, 0.1) is 0 Å². The summed E-state index contributed by atoms with van der Waals surface area (Å²) in [6.45, 7) is 3.68. The largest absolute Gasteiger partial charge is 0.393 e. The highest BCUT2D eigenvalue weighted by Crippen LogP contribution is 2.26. The lowest BCUT2D eigenvalue weighted by Crippen LogP contribution is -2.35. The van der Waals surface area contributed by atoms with E-state index in [0.717, 1.165) is 49.7 Å². The number of para-hydroxylation sites is 1. The number of aromatic nitrogens is 1. The number of piperidine rings is 1. The minimum atomic E-state index is -0.118. The quantitative estimate of drug-likeness (QED) is 0.731. The van der Waals surface area contributed by atoms with Crippen LogP contribution >= 0.6 is 11.3 Å². The molecule has 0 saturated carbocycles. The van der Waals surface area contributed by atoms with Gasteiger partial charge in [-0.05, 0) is 36.1 Å². The maximum absolute atomic E-state index is 9.68. The molecule has 130 valence electrons. The van der Waals surface area contributed by atoms with E-state index >= 15 is 0 Å². The zero-order valence-electron chi connectivity index (χ0n) is 14.2. The van der Waals surface area contributed by atoms with Crippen LogP contribution in [0.5, 0.6) is 0 Å². The van der Waals surface area contributed by atoms with Crippen LogP contribution in [0.1, 0.15) is 24.0 Å². The molecule has 0 amide bonds. The molecule has 0 bridgehead atoms. The summed E-state index contributed by atoms with van der Waals surface area (Å²) in [5.74, 6) is 0. The molecule has 0 atom stereocenters. The first-order valence-electron chi connectivity index (χ1n) is 8.84. The number of rotatable bonds is 5. The zero-order chi connectivity index (χ0) is 17.1. The fraction of sp³-hybridized carbons (Fsp3) is 0.350. The van der Waals surface area contributed by atoms with Crippen molar-refractivity contribution in [1.82, 2.24) is 9.88 Å². The van der Waals surface area contributed by atoms with Gasteiger partial charge in [0.1, 0.15) is 0 Å². The number of hydrogen-bond donors (Lipinski definition) is 2. The van der Waals surface area contributed by atoms with Crippen LogP contribution < -0.4 is 5.32 Å². The topological polar surface area (TPSA) is 48.4 Å². The van der Waals surface area contributed by atoms with Crippen LogP contribution in [0.3, 0.4) is 0 Å². The molecule has 2 N–H and O–H groups in total. The molecule has 1 fully saturated rings. The standard InChI is InChI=1S/C20H23N3OS/c24-17-9-11-23(12-10-17)14-16-6-2-1-5-15(16)13-21-20-22-18-7-3-4-8-19(18)25-20/h1-8,17,24H,9-14H2,(H,21,22). The lowest BCUT2D eigenvalue weighted by molar-refractivity contribution is 0.0791. The third-order valence-corrected chi connectivity index (χ3v) is 5.79. The minimum absolute atomic E-state index is 0.118. The number of anilines is 1. The number of thiazole rings is 1. The van der Waals surface area contributed by atoms with Gasteiger partial charge in [0.25, 0.3) is 0 Å². The fourth-order valence-electron chi connectivity index (χ4n) is 3.32. The molecule has 1 saturated heterocycles. The highest BCUT2D eigenvalue weighted by molar-refractivity contribution is 7.22. The Bertz CT molecular complexity index is 807. The molecule has 0 unspecified atom stereocenters. The Labute approximate surface area is 152 Å². The second kappa shape index (κ2) is 7.52. The molecule has 5 heteroatoms. The van der Waals surface area contributed by atoms with Crippen molar-refractivity contribution in [2.45, 2.75) is 32.0 Å². The molecule has 2 aromatic carbocycles. The molecule has 4 nitrogen and oxygen atoms in total. The number of aliphatic hydroxyl groups is 1. The van der Waals surface area contributed by atoms with E-state index in [9.17, 15) is 5.11 Å². The second-order valence-corrected chi connectivity index (χ2v) is 7.65. The van der Waals surface area contributed by atoms with E-state index < -0.39 is 0 Å². The van der Waals surface area contributed by atoms with Crippen molar-refractivity contribution in [3.05, 3.63) is 59.7 Å². The number of benzene rings is 2. The smallest absolute Gasteiger partial charge is 0.184 e. The fourth-order valence-corrected chi connectivity index (χ4v) is 4.18. The van der Waals surface area contributed by atoms with Crippen LogP contribution in [-0.2, 0) is 13.1 Å². The van der Waals surface area contributed by atoms with Gasteiger partial charge in [-0.15, -0.1) is 0 Å². The highest BCUT2D eigenvalue weighted by atomic mass is 32.1. The Kier molecular flexibility index (Phi) is 4.97. The van der Waals surface area contributed by atoms with Crippen molar-refractivity contribution < 1.29 is 5.11 Å². The summed E-state index contributed by atoms with van der Waals surface area (Å²) >= 11 is 1.70. The van der Waals surface area contributed by atoms with Crippen molar-refractivity contribution in [2.24, 2.45) is 0 Å². The number of hydrogen-bond acceptors (Lipinski definition) is 5. The average molecular weight is 353 g/mol. The third-order valence-electron chi connectivity index (χ3n) is 4.79. The van der Waals surface area contributed by atoms with Crippen LogP contribution in [0.25, 0.3) is 10.2 Å². The van der Waals surface area contributed by atoms with Crippen molar-refractivity contribution in [1.29, 1.82) is 0 Å². The monoisotopic (exact) mass is 353 g/mol. The van der Waals surface area contributed by atoms with Gasteiger partial charge in [-0.1, -0.05) is 47.7 Å². The van der Waals surface area contributed by atoms with Gasteiger partial charge in [0.15, 0.2) is 5.13 Å². The summed E-state index contributed by atoms with van der Waals surface area (Å²) in [7, 11) is 0. The summed E-state index contributed by atoms with van der Waals surface area (Å²) in [4.78, 5) is 7.08. The first-order chi connectivity index (χ1) is 12.3. The molecule has 4 rings (SSSR count). The number of aliphatic hydroxyl groups excluding tert-OH is 1. The number of nitrogens with zero attached hydrogens (tertiary/aromatic N) is 2. The molecule has 25 heavy (non-hydrogen) atoms. The molecule has 1 aromatic heterocycles. The Balaban J connectivity index is 1.43. The number of nitrogens with one attached hydrogen (secondary N) is 1. The molecule has 1 aliphatic heterocycles. The zero-order valence-corrected chi connectivity index (χ0v) is 15.0. The van der Waals surface area contributed by atoms with Gasteiger partial charge >= 0.3 is 0 Å². The molecule has 0 radical (unpaired) electrons. The second-order valence-electron chi connectivity index (χ2n) is 6.62. The van der Waals surface area contributed by atoms with E-state index in [4.69, 9.17) is 0 Å². The molecule has 3 aromatic rings. The third kappa shape index (κ3) is 4.00. The Morgan fingerprint density at radius 1 is 1.04 bits per heavy atom. The molecule has 0 spiro atoms. The molecule has 1 aliphatic rings. The Morgan fingerprint density at radius 2 is 1.76 bits per heavy atom. The van der Waals surface area contributed by atoms with Crippen LogP contribution in [0.15, 0.2) is 48.5 Å². The van der Waals surface area contributed by atoms with Crippen LogP contribution in [-0.4, -0.2) is 34.2 Å². The van der Waals surface area contributed by atoms with Crippen molar-refractivity contribution in [2.75, 3.05) is 18.4 Å². The predicted octanol–water partition coefficient (Wildman–Crippen LogP) is 3.87. The summed E-state index contributed by atoms with van der Waals surface area (Å²) < 4.78 is 1.21. The summed E-state index contributed by atoms with van der Waals surface area (Å²) in [5.41, 5.74) is 3.72. The van der Waals surface area contributed by atoms with E-state index in [0.29, 0.717) is 0 Å². The van der Waals surface area contributed by atoms with Gasteiger partial charge in [0.05, 0.1) is 16.3 Å². The van der Waals surface area contributed by atoms with Gasteiger partial charge in [-0.25, -0.2) is 4.98 Å². The SMILES string of the molecule is OC1CCN(Cc2ccccc2CNc2nc3ccccc3s2)CC1. The van der Waals surface area contributed by atoms with Gasteiger partial charge in [0, 0.05) is 26.2 Å². The lowest BCUT2D eigenvalue weighted by Gasteiger charge is -2.30. The normalized spacial score (nSPS) is 16.4. The van der Waals surface area contributed by atoms with Gasteiger partial charge in [-0.2, -0.15) is 0 Å². The minimum Gasteiger partial charge on any atom is -0.393 e.